The largest absolute Gasteiger partial charge is 0.476 e. The van der Waals surface area contributed by atoms with Gasteiger partial charge in [-0.2, -0.15) is 5.26 Å². The van der Waals surface area contributed by atoms with Crippen LogP contribution >= 0.6 is 0 Å². The van der Waals surface area contributed by atoms with Gasteiger partial charge in [0.2, 0.25) is 0 Å². The van der Waals surface area contributed by atoms with Crippen molar-refractivity contribution in [2.45, 2.75) is 39.0 Å². The van der Waals surface area contributed by atoms with Crippen LogP contribution in [0.1, 0.15) is 53.6 Å². The minimum Gasteiger partial charge on any atom is -0.476 e. The first-order valence-electron chi connectivity index (χ1n) is 7.39. The minimum atomic E-state index is -1.21. The highest BCUT2D eigenvalue weighted by Crippen LogP contribution is 2.22. The topological polar surface area (TPSA) is 86.9 Å². The van der Waals surface area contributed by atoms with Crippen LogP contribution in [-0.4, -0.2) is 21.0 Å². The molecule has 118 valence electrons. The van der Waals surface area contributed by atoms with Crippen LogP contribution in [0.2, 0.25) is 0 Å². The Morgan fingerprint density at radius 1 is 1.17 bits per heavy atom. The van der Waals surface area contributed by atoms with Gasteiger partial charge >= 0.3 is 5.97 Å². The van der Waals surface area contributed by atoms with E-state index in [1.807, 2.05) is 6.07 Å². The van der Waals surface area contributed by atoms with Crippen molar-refractivity contribution in [2.24, 2.45) is 0 Å². The Bertz CT molecular complexity index is 753. The van der Waals surface area contributed by atoms with Gasteiger partial charge in [0.15, 0.2) is 5.69 Å². The number of hydrogen-bond acceptors (Lipinski definition) is 4. The predicted molar refractivity (Wildman–Crippen MR) is 86.3 cm³/mol. The van der Waals surface area contributed by atoms with E-state index in [1.165, 1.54) is 11.9 Å². The second kappa shape index (κ2) is 6.57. The predicted octanol–water partition coefficient (Wildman–Crippen LogP) is 3.13. The second-order valence-corrected chi connectivity index (χ2v) is 6.41. The molecule has 0 saturated carbocycles. The lowest BCUT2D eigenvalue weighted by Crippen LogP contribution is -2.11. The van der Waals surface area contributed by atoms with Gasteiger partial charge < -0.3 is 5.11 Å². The zero-order chi connectivity index (χ0) is 17.0. The SMILES string of the molecule is CC(C)(C)c1ccc(CCc2ncnc(C(=O)O)c2C#N)cc1. The van der Waals surface area contributed by atoms with E-state index in [2.05, 4.69) is 55.0 Å². The third-order valence-corrected chi connectivity index (χ3v) is 3.71. The van der Waals surface area contributed by atoms with Gasteiger partial charge in [-0.15, -0.1) is 0 Å². The highest BCUT2D eigenvalue weighted by atomic mass is 16.4. The average Bonchev–Trinajstić information content (AvgIpc) is 2.51. The Kier molecular flexibility index (Phi) is 4.75. The molecule has 0 fully saturated rings. The molecule has 0 amide bonds. The smallest absolute Gasteiger partial charge is 0.356 e. The number of hydrogen-bond donors (Lipinski definition) is 1. The van der Waals surface area contributed by atoms with Crippen LogP contribution in [0.3, 0.4) is 0 Å². The Morgan fingerprint density at radius 3 is 2.35 bits per heavy atom. The summed E-state index contributed by atoms with van der Waals surface area (Å²) in [7, 11) is 0. The molecular weight excluding hydrogens is 290 g/mol. The van der Waals surface area contributed by atoms with Crippen LogP contribution in [0, 0.1) is 11.3 Å². The van der Waals surface area contributed by atoms with Crippen molar-refractivity contribution in [1.82, 2.24) is 9.97 Å². The van der Waals surface area contributed by atoms with E-state index >= 15 is 0 Å². The molecule has 2 rings (SSSR count). The summed E-state index contributed by atoms with van der Waals surface area (Å²) in [5.41, 5.74) is 2.77. The highest BCUT2D eigenvalue weighted by Gasteiger charge is 2.17. The fourth-order valence-corrected chi connectivity index (χ4v) is 2.33. The summed E-state index contributed by atoms with van der Waals surface area (Å²) in [6, 6.07) is 10.2. The van der Waals surface area contributed by atoms with E-state index in [0.717, 1.165) is 5.56 Å². The first-order chi connectivity index (χ1) is 10.8. The number of benzene rings is 1. The number of carboxylic acids is 1. The van der Waals surface area contributed by atoms with Crippen molar-refractivity contribution in [3.8, 4) is 6.07 Å². The molecule has 0 aliphatic carbocycles. The van der Waals surface area contributed by atoms with E-state index < -0.39 is 5.97 Å². The van der Waals surface area contributed by atoms with Gasteiger partial charge in [-0.25, -0.2) is 14.8 Å². The summed E-state index contributed by atoms with van der Waals surface area (Å²) in [6.45, 7) is 6.49. The Balaban J connectivity index is 2.17. The maximum atomic E-state index is 11.1. The first kappa shape index (κ1) is 16.6. The maximum Gasteiger partial charge on any atom is 0.356 e. The van der Waals surface area contributed by atoms with Crippen molar-refractivity contribution in [1.29, 1.82) is 5.26 Å². The molecule has 1 aromatic heterocycles. The summed E-state index contributed by atoms with van der Waals surface area (Å²) in [5, 5.41) is 18.2. The molecule has 0 aliphatic rings. The van der Waals surface area contributed by atoms with Gasteiger partial charge in [-0.05, 0) is 29.4 Å². The van der Waals surface area contributed by atoms with E-state index in [4.69, 9.17) is 5.11 Å². The monoisotopic (exact) mass is 309 g/mol. The van der Waals surface area contributed by atoms with Crippen LogP contribution in [0.25, 0.3) is 0 Å². The third-order valence-electron chi connectivity index (χ3n) is 3.71. The van der Waals surface area contributed by atoms with Gasteiger partial charge in [0.05, 0.1) is 5.69 Å². The van der Waals surface area contributed by atoms with Crippen LogP contribution in [0.5, 0.6) is 0 Å². The van der Waals surface area contributed by atoms with Crippen LogP contribution in [-0.2, 0) is 18.3 Å². The number of aromatic nitrogens is 2. The van der Waals surface area contributed by atoms with Crippen molar-refractivity contribution >= 4 is 5.97 Å². The van der Waals surface area contributed by atoms with Crippen molar-refractivity contribution in [3.63, 3.8) is 0 Å². The first-order valence-corrected chi connectivity index (χ1v) is 7.39. The normalized spacial score (nSPS) is 11.0. The summed E-state index contributed by atoms with van der Waals surface area (Å²) in [6.07, 6.45) is 2.39. The maximum absolute atomic E-state index is 11.1. The van der Waals surface area contributed by atoms with E-state index in [9.17, 15) is 10.1 Å². The number of aryl methyl sites for hydroxylation is 2. The third kappa shape index (κ3) is 3.92. The molecule has 5 heteroatoms. The number of carboxylic acid groups (broad SMARTS) is 1. The lowest BCUT2D eigenvalue weighted by Gasteiger charge is -2.19. The Hall–Kier alpha value is -2.74. The van der Waals surface area contributed by atoms with Crippen molar-refractivity contribution in [3.05, 3.63) is 58.7 Å². The zero-order valence-corrected chi connectivity index (χ0v) is 13.5. The number of carbonyl (C=O) groups is 1. The number of nitrogens with zero attached hydrogens (tertiary/aromatic N) is 3. The van der Waals surface area contributed by atoms with Crippen molar-refractivity contribution < 1.29 is 9.90 Å². The lowest BCUT2D eigenvalue weighted by molar-refractivity contribution is 0.0689. The fraction of sp³-hybridized carbons (Fsp3) is 0.333. The van der Waals surface area contributed by atoms with Crippen molar-refractivity contribution in [2.75, 3.05) is 0 Å². The van der Waals surface area contributed by atoms with Gasteiger partial charge in [-0.3, -0.25) is 0 Å². The Labute approximate surface area is 135 Å². The number of nitriles is 1. The Morgan fingerprint density at radius 2 is 1.83 bits per heavy atom. The molecular formula is C18H19N3O2. The van der Waals surface area contributed by atoms with E-state index in [1.54, 1.807) is 0 Å². The average molecular weight is 309 g/mol. The molecule has 0 radical (unpaired) electrons. The molecule has 0 bridgehead atoms. The van der Waals surface area contributed by atoms with Crippen LogP contribution in [0.4, 0.5) is 0 Å². The molecule has 0 saturated heterocycles. The summed E-state index contributed by atoms with van der Waals surface area (Å²) >= 11 is 0. The van der Waals surface area contributed by atoms with E-state index in [0.29, 0.717) is 18.5 Å². The van der Waals surface area contributed by atoms with Crippen LogP contribution in [0.15, 0.2) is 30.6 Å². The lowest BCUT2D eigenvalue weighted by atomic mass is 9.86. The quantitative estimate of drug-likeness (QED) is 0.937. The van der Waals surface area contributed by atoms with Gasteiger partial charge in [0, 0.05) is 0 Å². The standard InChI is InChI=1S/C18H19N3O2/c1-18(2,3)13-7-4-12(5-8-13)6-9-15-14(10-19)16(17(22)23)21-11-20-15/h4-5,7-8,11H,6,9H2,1-3H3,(H,22,23). The van der Waals surface area contributed by atoms with Gasteiger partial charge in [-0.1, -0.05) is 45.0 Å². The zero-order valence-electron chi connectivity index (χ0n) is 13.5. The number of aromatic carboxylic acids is 1. The molecule has 23 heavy (non-hydrogen) atoms. The van der Waals surface area contributed by atoms with Crippen LogP contribution < -0.4 is 0 Å². The molecule has 1 N–H and O–H groups in total. The second-order valence-electron chi connectivity index (χ2n) is 6.41. The fourth-order valence-electron chi connectivity index (χ4n) is 2.33. The minimum absolute atomic E-state index is 0.0475. The highest BCUT2D eigenvalue weighted by molar-refractivity contribution is 5.88. The molecule has 0 atom stereocenters. The summed E-state index contributed by atoms with van der Waals surface area (Å²) < 4.78 is 0. The molecule has 5 nitrogen and oxygen atoms in total. The molecule has 0 spiro atoms. The molecule has 2 aromatic rings. The molecule has 1 heterocycles. The molecule has 1 aromatic carbocycles. The summed E-state index contributed by atoms with van der Waals surface area (Å²) in [5.74, 6) is -1.21. The van der Waals surface area contributed by atoms with E-state index in [-0.39, 0.29) is 16.7 Å². The number of rotatable bonds is 4. The summed E-state index contributed by atoms with van der Waals surface area (Å²) in [4.78, 5) is 18.8. The molecule has 0 aliphatic heterocycles. The van der Waals surface area contributed by atoms with Gasteiger partial charge in [0.25, 0.3) is 0 Å². The molecule has 0 unspecified atom stereocenters. The van der Waals surface area contributed by atoms with Gasteiger partial charge in [0.1, 0.15) is 18.0 Å².